The maximum atomic E-state index is 13.4. The van der Waals surface area contributed by atoms with Gasteiger partial charge in [0.1, 0.15) is 5.75 Å². The molecule has 3 aromatic rings. The molecule has 0 unspecified atom stereocenters. The monoisotopic (exact) mass is 421 g/mol. The molecule has 0 radical (unpaired) electrons. The van der Waals surface area contributed by atoms with E-state index in [9.17, 15) is 9.59 Å². The van der Waals surface area contributed by atoms with E-state index in [0.29, 0.717) is 27.7 Å². The Kier molecular flexibility index (Phi) is 5.56. The summed E-state index contributed by atoms with van der Waals surface area (Å²) in [6, 6.07) is 19.2. The Morgan fingerprint density at radius 2 is 1.79 bits per heavy atom. The molecule has 6 heteroatoms. The summed E-state index contributed by atoms with van der Waals surface area (Å²) < 4.78 is 5.43. The molecular formula is C23H19NO3S2. The average Bonchev–Trinajstić information content (AvgIpc) is 3.33. The molecule has 2 aromatic carbocycles. The van der Waals surface area contributed by atoms with E-state index >= 15 is 0 Å². The van der Waals surface area contributed by atoms with Gasteiger partial charge in [-0.2, -0.15) is 0 Å². The summed E-state index contributed by atoms with van der Waals surface area (Å²) >= 11 is 2.86. The van der Waals surface area contributed by atoms with Crippen molar-refractivity contribution in [2.75, 3.05) is 12.0 Å². The summed E-state index contributed by atoms with van der Waals surface area (Å²) in [5, 5.41) is 1.91. The van der Waals surface area contributed by atoms with Gasteiger partial charge in [-0.15, -0.1) is 23.1 Å². The highest BCUT2D eigenvalue weighted by Gasteiger charge is 2.41. The minimum atomic E-state index is -0.308. The first kappa shape index (κ1) is 19.5. The molecule has 0 saturated carbocycles. The van der Waals surface area contributed by atoms with Crippen LogP contribution >= 0.6 is 23.1 Å². The number of hydrogen-bond acceptors (Lipinski definition) is 5. The SMILES string of the molecule is COc1ccc(C)cc1N1C(=O)C(SCc2ccccc2)=C(c2cccs2)C1=O. The summed E-state index contributed by atoms with van der Waals surface area (Å²) in [4.78, 5) is 29.3. The summed E-state index contributed by atoms with van der Waals surface area (Å²) in [6.45, 7) is 1.92. The molecule has 1 aliphatic heterocycles. The Balaban J connectivity index is 1.75. The molecule has 29 heavy (non-hydrogen) atoms. The fraction of sp³-hybridized carbons (Fsp3) is 0.130. The zero-order valence-electron chi connectivity index (χ0n) is 16.0. The van der Waals surface area contributed by atoms with Gasteiger partial charge in [0.25, 0.3) is 11.8 Å². The second kappa shape index (κ2) is 8.27. The molecule has 0 spiro atoms. The Hall–Kier alpha value is -2.83. The number of imide groups is 1. The second-order valence-corrected chi connectivity index (χ2v) is 8.51. The van der Waals surface area contributed by atoms with Gasteiger partial charge >= 0.3 is 0 Å². The maximum absolute atomic E-state index is 13.4. The molecule has 2 amide bonds. The number of benzene rings is 2. The van der Waals surface area contributed by atoms with Crippen LogP contribution < -0.4 is 9.64 Å². The molecule has 0 saturated heterocycles. The number of thioether (sulfide) groups is 1. The van der Waals surface area contributed by atoms with Gasteiger partial charge in [0.2, 0.25) is 0 Å². The van der Waals surface area contributed by atoms with Crippen molar-refractivity contribution in [2.24, 2.45) is 0 Å². The van der Waals surface area contributed by atoms with Gasteiger partial charge in [-0.3, -0.25) is 9.59 Å². The van der Waals surface area contributed by atoms with Crippen molar-refractivity contribution in [3.8, 4) is 5.75 Å². The van der Waals surface area contributed by atoms with Gasteiger partial charge in [0.05, 0.1) is 23.3 Å². The van der Waals surface area contributed by atoms with E-state index < -0.39 is 0 Å². The molecule has 146 valence electrons. The highest BCUT2D eigenvalue weighted by atomic mass is 32.2. The van der Waals surface area contributed by atoms with Crippen molar-refractivity contribution < 1.29 is 14.3 Å². The molecule has 1 aliphatic rings. The molecule has 4 nitrogen and oxygen atoms in total. The van der Waals surface area contributed by atoms with E-state index in [1.54, 1.807) is 6.07 Å². The number of carbonyl (C=O) groups excluding carboxylic acids is 2. The number of nitrogens with zero attached hydrogens (tertiary/aromatic N) is 1. The predicted octanol–water partition coefficient (Wildman–Crippen LogP) is 5.28. The van der Waals surface area contributed by atoms with E-state index in [4.69, 9.17) is 4.74 Å². The molecular weight excluding hydrogens is 402 g/mol. The quantitative estimate of drug-likeness (QED) is 0.508. The lowest BCUT2D eigenvalue weighted by Gasteiger charge is -2.18. The number of rotatable bonds is 6. The normalized spacial score (nSPS) is 14.1. The van der Waals surface area contributed by atoms with Crippen LogP contribution in [0.15, 0.2) is 70.9 Å². The third-order valence-electron chi connectivity index (χ3n) is 4.61. The molecule has 0 N–H and O–H groups in total. The molecule has 0 aliphatic carbocycles. The van der Waals surface area contributed by atoms with Crippen molar-refractivity contribution in [3.05, 3.63) is 87.0 Å². The van der Waals surface area contributed by atoms with Crippen molar-refractivity contribution >= 4 is 46.2 Å². The number of thiophene rings is 1. The van der Waals surface area contributed by atoms with Crippen molar-refractivity contribution in [1.29, 1.82) is 0 Å². The molecule has 1 aromatic heterocycles. The number of aryl methyl sites for hydroxylation is 1. The maximum Gasteiger partial charge on any atom is 0.272 e. The standard InChI is InChI=1S/C23H19NO3S2/c1-15-10-11-18(27-2)17(13-15)24-22(25)20(19-9-6-12-28-19)21(23(24)26)29-14-16-7-4-3-5-8-16/h3-13H,14H2,1-2H3. The van der Waals surface area contributed by atoms with Crippen LogP contribution in [-0.4, -0.2) is 18.9 Å². The van der Waals surface area contributed by atoms with Gasteiger partial charge < -0.3 is 4.74 Å². The highest BCUT2D eigenvalue weighted by Crippen LogP contribution is 2.43. The molecule has 2 heterocycles. The summed E-state index contributed by atoms with van der Waals surface area (Å²) in [7, 11) is 1.54. The topological polar surface area (TPSA) is 46.6 Å². The first-order valence-electron chi connectivity index (χ1n) is 9.08. The van der Waals surface area contributed by atoms with Gasteiger partial charge in [-0.25, -0.2) is 4.90 Å². The van der Waals surface area contributed by atoms with Gasteiger partial charge in [0.15, 0.2) is 0 Å². The van der Waals surface area contributed by atoms with Crippen LogP contribution in [0.25, 0.3) is 5.57 Å². The van der Waals surface area contributed by atoms with Crippen LogP contribution in [0, 0.1) is 6.92 Å². The fourth-order valence-electron chi connectivity index (χ4n) is 3.20. The number of methoxy groups -OCH3 is 1. The predicted molar refractivity (Wildman–Crippen MR) is 119 cm³/mol. The minimum Gasteiger partial charge on any atom is -0.495 e. The third-order valence-corrected chi connectivity index (χ3v) is 6.64. The number of ether oxygens (including phenoxy) is 1. The van der Waals surface area contributed by atoms with Crippen molar-refractivity contribution in [3.63, 3.8) is 0 Å². The van der Waals surface area contributed by atoms with E-state index in [0.717, 1.165) is 16.0 Å². The lowest BCUT2D eigenvalue weighted by Crippen LogP contribution is -2.31. The van der Waals surface area contributed by atoms with Crippen LogP contribution in [-0.2, 0) is 15.3 Å². The summed E-state index contributed by atoms with van der Waals surface area (Å²) in [6.07, 6.45) is 0. The second-order valence-electron chi connectivity index (χ2n) is 6.58. The molecule has 0 bridgehead atoms. The van der Waals surface area contributed by atoms with Crippen LogP contribution in [0.2, 0.25) is 0 Å². The Morgan fingerprint density at radius 1 is 1.00 bits per heavy atom. The smallest absolute Gasteiger partial charge is 0.272 e. The van der Waals surface area contributed by atoms with Gasteiger partial charge in [-0.05, 0) is 41.6 Å². The number of carbonyl (C=O) groups is 2. The molecule has 0 fully saturated rings. The fourth-order valence-corrected chi connectivity index (χ4v) is 5.10. The first-order chi connectivity index (χ1) is 14.1. The Labute approximate surface area is 177 Å². The lowest BCUT2D eigenvalue weighted by atomic mass is 10.2. The third kappa shape index (κ3) is 3.73. The minimum absolute atomic E-state index is 0.303. The number of anilines is 1. The van der Waals surface area contributed by atoms with E-state index in [1.165, 1.54) is 35.1 Å². The van der Waals surface area contributed by atoms with Crippen LogP contribution in [0.5, 0.6) is 5.75 Å². The van der Waals surface area contributed by atoms with Gasteiger partial charge in [-0.1, -0.05) is 42.5 Å². The Morgan fingerprint density at radius 3 is 2.48 bits per heavy atom. The van der Waals surface area contributed by atoms with E-state index in [2.05, 4.69) is 0 Å². The van der Waals surface area contributed by atoms with Crippen molar-refractivity contribution in [1.82, 2.24) is 0 Å². The average molecular weight is 422 g/mol. The van der Waals surface area contributed by atoms with E-state index in [-0.39, 0.29) is 11.8 Å². The van der Waals surface area contributed by atoms with Crippen LogP contribution in [0.1, 0.15) is 16.0 Å². The zero-order valence-corrected chi connectivity index (χ0v) is 17.7. The Bertz CT molecular complexity index is 1090. The van der Waals surface area contributed by atoms with E-state index in [1.807, 2.05) is 66.9 Å². The zero-order chi connectivity index (χ0) is 20.4. The summed E-state index contributed by atoms with van der Waals surface area (Å²) in [5.74, 6) is 0.500. The van der Waals surface area contributed by atoms with Gasteiger partial charge in [0, 0.05) is 10.6 Å². The largest absolute Gasteiger partial charge is 0.495 e. The van der Waals surface area contributed by atoms with Crippen LogP contribution in [0.3, 0.4) is 0 Å². The lowest BCUT2D eigenvalue weighted by molar-refractivity contribution is -0.119. The number of amides is 2. The highest BCUT2D eigenvalue weighted by molar-refractivity contribution is 8.03. The molecule has 4 rings (SSSR count). The summed E-state index contributed by atoms with van der Waals surface area (Å²) in [5.41, 5.74) is 2.99. The molecule has 0 atom stereocenters. The van der Waals surface area contributed by atoms with Crippen LogP contribution in [0.4, 0.5) is 5.69 Å². The van der Waals surface area contributed by atoms with Crippen molar-refractivity contribution in [2.45, 2.75) is 12.7 Å². The first-order valence-corrected chi connectivity index (χ1v) is 10.9. The number of hydrogen-bond donors (Lipinski definition) is 0.